The average Bonchev–Trinajstić information content (AvgIpc) is 2.15. The standard InChI is InChI=1S/C10H9O2P/c1-13-9-5-2-8(3-6-9)4-7-10(11)12/h2-3,5-6,13H,1H3,(H,11,12). The zero-order valence-corrected chi connectivity index (χ0v) is 8.16. The third-order valence-electron chi connectivity index (χ3n) is 1.49. The number of hydrogen-bond donors (Lipinski definition) is 1. The zero-order valence-electron chi connectivity index (χ0n) is 7.16. The Hall–Kier alpha value is -1.32. The van der Waals surface area contributed by atoms with Crippen LogP contribution in [0, 0.1) is 11.8 Å². The molecule has 3 heteroatoms. The molecule has 1 unspecified atom stereocenters. The van der Waals surface area contributed by atoms with Gasteiger partial charge < -0.3 is 5.11 Å². The highest BCUT2D eigenvalue weighted by atomic mass is 31.1. The Bertz CT molecular complexity index is 357. The third kappa shape index (κ3) is 3.27. The lowest BCUT2D eigenvalue weighted by Gasteiger charge is -1.94. The van der Waals surface area contributed by atoms with Crippen LogP contribution in [0.3, 0.4) is 0 Å². The molecule has 0 saturated heterocycles. The SMILES string of the molecule is CPc1ccc(C#CC(=O)O)cc1. The number of carbonyl (C=O) groups is 1. The maximum atomic E-state index is 10.1. The second-order valence-electron chi connectivity index (χ2n) is 2.38. The van der Waals surface area contributed by atoms with Crippen molar-refractivity contribution in [1.29, 1.82) is 0 Å². The number of carboxylic acid groups (broad SMARTS) is 1. The predicted molar refractivity (Wildman–Crippen MR) is 54.8 cm³/mol. The van der Waals surface area contributed by atoms with Crippen molar-refractivity contribution >= 4 is 19.9 Å². The van der Waals surface area contributed by atoms with E-state index in [4.69, 9.17) is 5.11 Å². The van der Waals surface area contributed by atoms with Gasteiger partial charge in [-0.1, -0.05) is 26.6 Å². The summed E-state index contributed by atoms with van der Waals surface area (Å²) in [6.07, 6.45) is 0. The van der Waals surface area contributed by atoms with Gasteiger partial charge in [-0.05, 0) is 24.1 Å². The lowest BCUT2D eigenvalue weighted by Crippen LogP contribution is -1.92. The second-order valence-corrected chi connectivity index (χ2v) is 3.46. The Labute approximate surface area is 78.8 Å². The Morgan fingerprint density at radius 1 is 1.38 bits per heavy atom. The zero-order chi connectivity index (χ0) is 9.68. The summed E-state index contributed by atoms with van der Waals surface area (Å²) in [5.41, 5.74) is 0.740. The molecule has 1 N–H and O–H groups in total. The van der Waals surface area contributed by atoms with Gasteiger partial charge in [0.15, 0.2) is 0 Å². The number of aliphatic carboxylic acids is 1. The highest BCUT2D eigenvalue weighted by Crippen LogP contribution is 2.04. The molecular weight excluding hydrogens is 183 g/mol. The molecule has 1 rings (SSSR count). The predicted octanol–water partition coefficient (Wildman–Crippen LogP) is 1.06. The minimum absolute atomic E-state index is 0.740. The van der Waals surface area contributed by atoms with E-state index in [1.165, 1.54) is 5.30 Å². The van der Waals surface area contributed by atoms with E-state index in [2.05, 4.69) is 18.5 Å². The summed E-state index contributed by atoms with van der Waals surface area (Å²) < 4.78 is 0. The topological polar surface area (TPSA) is 37.3 Å². The fourth-order valence-corrected chi connectivity index (χ4v) is 1.35. The smallest absolute Gasteiger partial charge is 0.382 e. The summed E-state index contributed by atoms with van der Waals surface area (Å²) in [6, 6.07) is 7.60. The number of rotatable bonds is 1. The van der Waals surface area contributed by atoms with Crippen molar-refractivity contribution in [2.75, 3.05) is 6.66 Å². The van der Waals surface area contributed by atoms with E-state index in [1.807, 2.05) is 24.3 Å². The molecule has 13 heavy (non-hydrogen) atoms. The molecule has 1 aromatic carbocycles. The first-order valence-corrected chi connectivity index (χ1v) is 5.25. The van der Waals surface area contributed by atoms with Gasteiger partial charge in [-0.15, -0.1) is 0 Å². The monoisotopic (exact) mass is 192 g/mol. The average molecular weight is 192 g/mol. The molecular formula is C10H9O2P. The van der Waals surface area contributed by atoms with Crippen LogP contribution in [0.2, 0.25) is 0 Å². The summed E-state index contributed by atoms with van der Waals surface area (Å²) in [7, 11) is 0.759. The van der Waals surface area contributed by atoms with Crippen LogP contribution in [0.25, 0.3) is 0 Å². The van der Waals surface area contributed by atoms with Crippen LogP contribution in [-0.4, -0.2) is 17.7 Å². The van der Waals surface area contributed by atoms with Crippen molar-refractivity contribution in [2.24, 2.45) is 0 Å². The molecule has 0 aliphatic rings. The normalized spacial score (nSPS) is 9.62. The van der Waals surface area contributed by atoms with Crippen molar-refractivity contribution in [3.05, 3.63) is 29.8 Å². The number of carboxylic acids is 1. The van der Waals surface area contributed by atoms with Gasteiger partial charge >= 0.3 is 5.97 Å². The molecule has 0 spiro atoms. The van der Waals surface area contributed by atoms with Gasteiger partial charge in [0.25, 0.3) is 0 Å². The van der Waals surface area contributed by atoms with Gasteiger partial charge in [0.1, 0.15) is 0 Å². The molecule has 0 heterocycles. The summed E-state index contributed by atoms with van der Waals surface area (Å²) in [5.74, 6) is 3.52. The molecule has 0 radical (unpaired) electrons. The maximum absolute atomic E-state index is 10.1. The minimum atomic E-state index is -1.10. The quantitative estimate of drug-likeness (QED) is 0.533. The van der Waals surface area contributed by atoms with E-state index in [0.29, 0.717) is 0 Å². The van der Waals surface area contributed by atoms with Crippen molar-refractivity contribution < 1.29 is 9.90 Å². The van der Waals surface area contributed by atoms with Crippen LogP contribution in [-0.2, 0) is 4.79 Å². The van der Waals surface area contributed by atoms with Gasteiger partial charge in [-0.25, -0.2) is 4.79 Å². The Morgan fingerprint density at radius 3 is 2.46 bits per heavy atom. The minimum Gasteiger partial charge on any atom is -0.472 e. The van der Waals surface area contributed by atoms with Gasteiger partial charge in [-0.3, -0.25) is 0 Å². The summed E-state index contributed by atoms with van der Waals surface area (Å²) >= 11 is 0. The van der Waals surface area contributed by atoms with Crippen LogP contribution in [0.4, 0.5) is 0 Å². The van der Waals surface area contributed by atoms with E-state index in [9.17, 15) is 4.79 Å². The van der Waals surface area contributed by atoms with Crippen molar-refractivity contribution in [1.82, 2.24) is 0 Å². The maximum Gasteiger partial charge on any atom is 0.382 e. The van der Waals surface area contributed by atoms with Crippen molar-refractivity contribution in [3.63, 3.8) is 0 Å². The summed E-state index contributed by atoms with van der Waals surface area (Å²) in [5, 5.41) is 9.55. The first-order chi connectivity index (χ1) is 6.22. The first kappa shape index (κ1) is 9.77. The van der Waals surface area contributed by atoms with Gasteiger partial charge in [0.2, 0.25) is 0 Å². The molecule has 0 aliphatic heterocycles. The summed E-state index contributed by atoms with van der Waals surface area (Å²) in [6.45, 7) is 2.10. The van der Waals surface area contributed by atoms with E-state index < -0.39 is 5.97 Å². The van der Waals surface area contributed by atoms with Crippen LogP contribution < -0.4 is 5.30 Å². The van der Waals surface area contributed by atoms with Crippen molar-refractivity contribution in [3.8, 4) is 11.8 Å². The molecule has 0 aliphatic carbocycles. The van der Waals surface area contributed by atoms with Gasteiger partial charge in [0, 0.05) is 11.5 Å². The molecule has 1 atom stereocenters. The molecule has 0 bridgehead atoms. The fourth-order valence-electron chi connectivity index (χ4n) is 0.846. The molecule has 66 valence electrons. The van der Waals surface area contributed by atoms with Crippen LogP contribution in [0.1, 0.15) is 5.56 Å². The van der Waals surface area contributed by atoms with Crippen LogP contribution in [0.5, 0.6) is 0 Å². The number of benzene rings is 1. The molecule has 2 nitrogen and oxygen atoms in total. The van der Waals surface area contributed by atoms with E-state index >= 15 is 0 Å². The Kier molecular flexibility index (Phi) is 3.49. The molecule has 0 aromatic heterocycles. The summed E-state index contributed by atoms with van der Waals surface area (Å²) in [4.78, 5) is 10.1. The lowest BCUT2D eigenvalue weighted by molar-refractivity contribution is -0.130. The van der Waals surface area contributed by atoms with Gasteiger partial charge in [0.05, 0.1) is 0 Å². The van der Waals surface area contributed by atoms with Crippen LogP contribution >= 0.6 is 8.58 Å². The lowest BCUT2D eigenvalue weighted by atomic mass is 10.2. The largest absolute Gasteiger partial charge is 0.472 e. The Morgan fingerprint density at radius 2 is 2.00 bits per heavy atom. The molecule has 0 fully saturated rings. The van der Waals surface area contributed by atoms with E-state index in [-0.39, 0.29) is 0 Å². The van der Waals surface area contributed by atoms with Crippen LogP contribution in [0.15, 0.2) is 24.3 Å². The molecule has 0 amide bonds. The highest BCUT2D eigenvalue weighted by Gasteiger charge is 1.89. The number of hydrogen-bond acceptors (Lipinski definition) is 1. The molecule has 0 saturated carbocycles. The van der Waals surface area contributed by atoms with Crippen molar-refractivity contribution in [2.45, 2.75) is 0 Å². The molecule has 1 aromatic rings. The van der Waals surface area contributed by atoms with E-state index in [0.717, 1.165) is 14.1 Å². The highest BCUT2D eigenvalue weighted by molar-refractivity contribution is 7.46. The van der Waals surface area contributed by atoms with Gasteiger partial charge in [-0.2, -0.15) is 0 Å². The second kappa shape index (κ2) is 4.64. The Balaban J connectivity index is 2.83. The first-order valence-electron chi connectivity index (χ1n) is 3.75. The third-order valence-corrected chi connectivity index (χ3v) is 2.40. The van der Waals surface area contributed by atoms with E-state index in [1.54, 1.807) is 0 Å². The fraction of sp³-hybridized carbons (Fsp3) is 0.100.